The van der Waals surface area contributed by atoms with E-state index in [2.05, 4.69) is 20.3 Å². The van der Waals surface area contributed by atoms with Crippen LogP contribution in [0, 0.1) is 5.82 Å². The lowest BCUT2D eigenvalue weighted by atomic mass is 10.1. The molecule has 176 valence electrons. The minimum absolute atomic E-state index is 0.0297. The number of aromatic amines is 2. The van der Waals surface area contributed by atoms with Crippen molar-refractivity contribution in [1.29, 1.82) is 0 Å². The molecule has 0 saturated carbocycles. The van der Waals surface area contributed by atoms with E-state index in [9.17, 15) is 18.8 Å². The number of carbonyl (C=O) groups is 1. The fraction of sp³-hybridized carbons (Fsp3) is 0.455. The number of hydrogen-bond acceptors (Lipinski definition) is 6. The topological polar surface area (TPSA) is 125 Å². The number of carbonyl (C=O) groups excluding carboxylic acids is 1. The molecule has 2 aromatic heterocycles. The Morgan fingerprint density at radius 1 is 1.24 bits per heavy atom. The molecule has 1 fully saturated rings. The highest BCUT2D eigenvalue weighted by Gasteiger charge is 2.24. The van der Waals surface area contributed by atoms with E-state index in [0.717, 1.165) is 0 Å². The Morgan fingerprint density at radius 2 is 1.97 bits per heavy atom. The van der Waals surface area contributed by atoms with Gasteiger partial charge in [-0.2, -0.15) is 0 Å². The Bertz CT molecular complexity index is 1290. The van der Waals surface area contributed by atoms with Crippen molar-refractivity contribution in [3.63, 3.8) is 0 Å². The average Bonchev–Trinajstić information content (AvgIpc) is 3.19. The van der Waals surface area contributed by atoms with Gasteiger partial charge < -0.3 is 19.9 Å². The van der Waals surface area contributed by atoms with Crippen LogP contribution in [-0.4, -0.2) is 50.7 Å². The zero-order valence-electron chi connectivity index (χ0n) is 18.8. The third-order valence-corrected chi connectivity index (χ3v) is 5.65. The van der Waals surface area contributed by atoms with Gasteiger partial charge in [-0.15, -0.1) is 0 Å². The van der Waals surface area contributed by atoms with Crippen molar-refractivity contribution in [2.45, 2.75) is 45.4 Å². The number of morpholine rings is 1. The summed E-state index contributed by atoms with van der Waals surface area (Å²) in [5.74, 6) is -0.143. The second-order valence-electron chi connectivity index (χ2n) is 8.43. The number of imidazole rings is 1. The molecule has 1 saturated heterocycles. The van der Waals surface area contributed by atoms with Gasteiger partial charge in [-0.1, -0.05) is 6.07 Å². The fourth-order valence-corrected chi connectivity index (χ4v) is 4.08. The second kappa shape index (κ2) is 9.18. The molecule has 3 heterocycles. The highest BCUT2D eigenvalue weighted by molar-refractivity contribution is 5.76. The Kier molecular flexibility index (Phi) is 6.32. The van der Waals surface area contributed by atoms with Crippen LogP contribution in [0.4, 0.5) is 10.1 Å². The molecule has 3 N–H and O–H groups in total. The van der Waals surface area contributed by atoms with Gasteiger partial charge in [0.2, 0.25) is 5.91 Å². The minimum atomic E-state index is -0.556. The zero-order valence-corrected chi connectivity index (χ0v) is 18.8. The smallest absolute Gasteiger partial charge is 0.329 e. The lowest BCUT2D eigenvalue weighted by Crippen LogP contribution is -2.45. The molecule has 0 bridgehead atoms. The maximum absolute atomic E-state index is 14.7. The van der Waals surface area contributed by atoms with Crippen LogP contribution in [0.2, 0.25) is 0 Å². The number of aryl methyl sites for hydroxylation is 2. The number of nitrogens with one attached hydrogen (secondary N) is 3. The van der Waals surface area contributed by atoms with Crippen molar-refractivity contribution in [3.8, 4) is 0 Å². The normalized spacial score (nSPS) is 18.6. The summed E-state index contributed by atoms with van der Waals surface area (Å²) < 4.78 is 21.7. The first-order valence-corrected chi connectivity index (χ1v) is 10.8. The predicted octanol–water partition coefficient (Wildman–Crippen LogP) is 0.952. The number of aromatic nitrogens is 4. The summed E-state index contributed by atoms with van der Waals surface area (Å²) in [7, 11) is 1.50. The number of amides is 1. The van der Waals surface area contributed by atoms with E-state index in [0.29, 0.717) is 30.2 Å². The van der Waals surface area contributed by atoms with Crippen molar-refractivity contribution in [1.82, 2.24) is 24.8 Å². The first kappa shape index (κ1) is 22.7. The van der Waals surface area contributed by atoms with Gasteiger partial charge in [0.05, 0.1) is 17.9 Å². The molecule has 1 amide bonds. The molecular formula is C22H27FN6O4. The predicted molar refractivity (Wildman–Crippen MR) is 121 cm³/mol. The van der Waals surface area contributed by atoms with E-state index in [1.165, 1.54) is 17.7 Å². The monoisotopic (exact) mass is 458 g/mol. The number of H-pyrrole nitrogens is 2. The van der Waals surface area contributed by atoms with E-state index in [1.54, 1.807) is 12.1 Å². The van der Waals surface area contributed by atoms with Gasteiger partial charge >= 0.3 is 5.69 Å². The molecule has 0 radical (unpaired) electrons. The number of benzene rings is 1. The third kappa shape index (κ3) is 4.98. The van der Waals surface area contributed by atoms with Gasteiger partial charge in [0, 0.05) is 39.5 Å². The van der Waals surface area contributed by atoms with E-state index in [4.69, 9.17) is 4.74 Å². The number of anilines is 1. The van der Waals surface area contributed by atoms with Crippen LogP contribution in [0.1, 0.15) is 31.7 Å². The Morgan fingerprint density at radius 3 is 2.67 bits per heavy atom. The molecule has 1 aromatic carbocycles. The summed E-state index contributed by atoms with van der Waals surface area (Å²) in [6, 6.07) is 4.97. The molecule has 4 rings (SSSR count). The number of rotatable bonds is 6. The van der Waals surface area contributed by atoms with Gasteiger partial charge in [0.25, 0.3) is 5.56 Å². The van der Waals surface area contributed by atoms with Crippen LogP contribution in [-0.2, 0) is 29.5 Å². The maximum atomic E-state index is 14.7. The van der Waals surface area contributed by atoms with Crippen molar-refractivity contribution in [2.75, 3.05) is 18.0 Å². The molecular weight excluding hydrogens is 431 g/mol. The van der Waals surface area contributed by atoms with Gasteiger partial charge in [-0.25, -0.2) is 14.2 Å². The van der Waals surface area contributed by atoms with Crippen LogP contribution in [0.15, 0.2) is 27.8 Å². The molecule has 2 unspecified atom stereocenters. The number of hydrogen-bond donors (Lipinski definition) is 3. The van der Waals surface area contributed by atoms with Gasteiger partial charge in [-0.05, 0) is 31.5 Å². The first-order chi connectivity index (χ1) is 15.7. The quantitative estimate of drug-likeness (QED) is 0.505. The summed E-state index contributed by atoms with van der Waals surface area (Å²) in [6.45, 7) is 5.38. The van der Waals surface area contributed by atoms with Crippen molar-refractivity contribution in [2.24, 2.45) is 7.05 Å². The number of fused-ring (bicyclic) bond motifs is 1. The third-order valence-electron chi connectivity index (χ3n) is 5.65. The summed E-state index contributed by atoms with van der Waals surface area (Å²) in [4.78, 5) is 47.1. The Balaban J connectivity index is 1.34. The van der Waals surface area contributed by atoms with Crippen LogP contribution in [0.3, 0.4) is 0 Å². The molecule has 3 aromatic rings. The van der Waals surface area contributed by atoms with Crippen molar-refractivity contribution >= 4 is 22.8 Å². The standard InChI is InChI=1S/C22H27FN6O4/c1-12-10-29(11-13(2)33-12)16-5-4-14(8-15(16)23)9-24-18(30)7-6-17-25-19-20(26-17)28(3)22(32)27-21(19)31/h4-5,8,12-13H,6-7,9-11H2,1-3H3,(H,24,30)(H,25,26)(H,27,31,32). The van der Waals surface area contributed by atoms with Crippen molar-refractivity contribution < 1.29 is 13.9 Å². The van der Waals surface area contributed by atoms with Gasteiger partial charge in [0.15, 0.2) is 5.65 Å². The van der Waals surface area contributed by atoms with E-state index in [1.807, 2.05) is 18.7 Å². The van der Waals surface area contributed by atoms with E-state index in [-0.39, 0.29) is 54.5 Å². The number of halogens is 1. The largest absolute Gasteiger partial charge is 0.372 e. The Labute approximate surface area is 188 Å². The molecule has 0 aliphatic carbocycles. The Hall–Kier alpha value is -3.47. The van der Waals surface area contributed by atoms with Crippen LogP contribution >= 0.6 is 0 Å². The summed E-state index contributed by atoms with van der Waals surface area (Å²) in [5.41, 5.74) is 0.499. The lowest BCUT2D eigenvalue weighted by molar-refractivity contribution is -0.121. The summed E-state index contributed by atoms with van der Waals surface area (Å²) in [5, 5.41) is 2.77. The van der Waals surface area contributed by atoms with Crippen LogP contribution in [0.5, 0.6) is 0 Å². The van der Waals surface area contributed by atoms with Gasteiger partial charge in [-0.3, -0.25) is 19.1 Å². The lowest BCUT2D eigenvalue weighted by Gasteiger charge is -2.37. The van der Waals surface area contributed by atoms with Crippen LogP contribution < -0.4 is 21.5 Å². The highest BCUT2D eigenvalue weighted by atomic mass is 19.1. The van der Waals surface area contributed by atoms with E-state index >= 15 is 0 Å². The zero-order chi connectivity index (χ0) is 23.7. The highest BCUT2D eigenvalue weighted by Crippen LogP contribution is 2.24. The first-order valence-electron chi connectivity index (χ1n) is 10.8. The van der Waals surface area contributed by atoms with E-state index < -0.39 is 11.2 Å². The minimum Gasteiger partial charge on any atom is -0.372 e. The summed E-state index contributed by atoms with van der Waals surface area (Å²) in [6.07, 6.45) is 0.439. The molecule has 1 aliphatic heterocycles. The summed E-state index contributed by atoms with van der Waals surface area (Å²) >= 11 is 0. The molecule has 0 spiro atoms. The van der Waals surface area contributed by atoms with Crippen molar-refractivity contribution in [3.05, 3.63) is 56.2 Å². The molecule has 10 nitrogen and oxygen atoms in total. The molecule has 2 atom stereocenters. The maximum Gasteiger partial charge on any atom is 0.329 e. The average molecular weight is 458 g/mol. The van der Waals surface area contributed by atoms with Gasteiger partial charge in [0.1, 0.15) is 17.2 Å². The number of nitrogens with zero attached hydrogens (tertiary/aromatic N) is 3. The fourth-order valence-electron chi connectivity index (χ4n) is 4.08. The molecule has 33 heavy (non-hydrogen) atoms. The number of ether oxygens (including phenoxy) is 1. The molecule has 1 aliphatic rings. The SMILES string of the molecule is CC1CN(c2ccc(CNC(=O)CCc3nc4c([nH]3)c(=O)[nH]c(=O)n4C)cc2F)CC(C)O1. The molecule has 11 heteroatoms. The second-order valence-corrected chi connectivity index (χ2v) is 8.43. The van der Waals surface area contributed by atoms with Crippen LogP contribution in [0.25, 0.3) is 11.2 Å².